The molecule has 0 aliphatic carbocycles. The van der Waals surface area contributed by atoms with Gasteiger partial charge in [0.25, 0.3) is 0 Å². The lowest BCUT2D eigenvalue weighted by molar-refractivity contribution is -0.116. The predicted octanol–water partition coefficient (Wildman–Crippen LogP) is 5.75. The standard InChI is InChI=1S/C28H26ClN5OS/c1-18-15-23(19(2)34(18)22-12-8-9-20(29)16-22)27-26(24-13-6-7-14-30-24)32-28(36)33(27)17-25(35)31-21-10-4-3-5-11-21/h3-16,26-27H,17H2,1-2H3,(H,31,35)(H,32,36)/t26-,27-/m0/s1. The van der Waals surface area contributed by atoms with Crippen molar-refractivity contribution in [2.24, 2.45) is 0 Å². The Bertz CT molecular complexity index is 1410. The van der Waals surface area contributed by atoms with Gasteiger partial charge in [0.15, 0.2) is 5.11 Å². The summed E-state index contributed by atoms with van der Waals surface area (Å²) in [7, 11) is 0. The van der Waals surface area contributed by atoms with Gasteiger partial charge in [0, 0.05) is 34.0 Å². The molecule has 3 heterocycles. The van der Waals surface area contributed by atoms with E-state index in [0.717, 1.165) is 34.0 Å². The van der Waals surface area contributed by atoms with E-state index in [4.69, 9.17) is 23.8 Å². The Labute approximate surface area is 220 Å². The molecule has 182 valence electrons. The van der Waals surface area contributed by atoms with Crippen molar-refractivity contribution in [3.63, 3.8) is 0 Å². The summed E-state index contributed by atoms with van der Waals surface area (Å²) in [4.78, 5) is 19.6. The van der Waals surface area contributed by atoms with Crippen molar-refractivity contribution in [1.29, 1.82) is 0 Å². The van der Waals surface area contributed by atoms with E-state index in [1.165, 1.54) is 0 Å². The van der Waals surface area contributed by atoms with Gasteiger partial charge >= 0.3 is 0 Å². The van der Waals surface area contributed by atoms with Crippen molar-refractivity contribution < 1.29 is 4.79 Å². The molecule has 0 saturated carbocycles. The Kier molecular flexibility index (Phi) is 6.76. The van der Waals surface area contributed by atoms with Crippen molar-refractivity contribution >= 4 is 40.5 Å². The van der Waals surface area contributed by atoms with Crippen LogP contribution < -0.4 is 10.6 Å². The molecule has 2 aromatic heterocycles. The molecule has 4 aromatic rings. The molecule has 1 amide bonds. The van der Waals surface area contributed by atoms with Crippen LogP contribution in [0.5, 0.6) is 0 Å². The molecule has 2 atom stereocenters. The topological polar surface area (TPSA) is 62.2 Å². The highest BCUT2D eigenvalue weighted by Crippen LogP contribution is 2.41. The third kappa shape index (κ3) is 4.72. The average molecular weight is 516 g/mol. The maximum absolute atomic E-state index is 13.1. The van der Waals surface area contributed by atoms with Gasteiger partial charge in [0.05, 0.1) is 17.8 Å². The highest BCUT2D eigenvalue weighted by molar-refractivity contribution is 7.80. The fourth-order valence-corrected chi connectivity index (χ4v) is 5.38. The number of anilines is 1. The molecule has 1 aliphatic rings. The van der Waals surface area contributed by atoms with E-state index in [-0.39, 0.29) is 24.5 Å². The number of hydrogen-bond donors (Lipinski definition) is 2. The summed E-state index contributed by atoms with van der Waals surface area (Å²) in [5.41, 5.74) is 5.79. The number of hydrogen-bond acceptors (Lipinski definition) is 3. The van der Waals surface area contributed by atoms with Crippen LogP contribution in [0.4, 0.5) is 5.69 Å². The molecule has 2 aromatic carbocycles. The number of nitrogens with one attached hydrogen (secondary N) is 2. The number of benzene rings is 2. The summed E-state index contributed by atoms with van der Waals surface area (Å²) in [5, 5.41) is 7.60. The van der Waals surface area contributed by atoms with Crippen molar-refractivity contribution in [2.75, 3.05) is 11.9 Å². The maximum Gasteiger partial charge on any atom is 0.244 e. The summed E-state index contributed by atoms with van der Waals surface area (Å²) in [6.07, 6.45) is 1.77. The molecule has 6 nitrogen and oxygen atoms in total. The fourth-order valence-electron chi connectivity index (χ4n) is 4.89. The molecule has 0 spiro atoms. The second-order valence-electron chi connectivity index (χ2n) is 8.81. The minimum absolute atomic E-state index is 0.107. The number of thiocarbonyl (C=S) groups is 1. The van der Waals surface area contributed by atoms with E-state index in [1.54, 1.807) is 6.20 Å². The van der Waals surface area contributed by atoms with E-state index in [2.05, 4.69) is 40.1 Å². The number of carbonyl (C=O) groups is 1. The van der Waals surface area contributed by atoms with Gasteiger partial charge in [-0.3, -0.25) is 9.78 Å². The van der Waals surface area contributed by atoms with Gasteiger partial charge in [-0.2, -0.15) is 0 Å². The highest BCUT2D eigenvalue weighted by Gasteiger charge is 2.42. The Morgan fingerprint density at radius 1 is 1.06 bits per heavy atom. The number of pyridine rings is 1. The van der Waals surface area contributed by atoms with Crippen molar-refractivity contribution in [1.82, 2.24) is 19.8 Å². The molecule has 5 rings (SSSR count). The first-order chi connectivity index (χ1) is 17.4. The number of para-hydroxylation sites is 1. The summed E-state index contributed by atoms with van der Waals surface area (Å²) < 4.78 is 2.18. The Morgan fingerprint density at radius 2 is 1.83 bits per heavy atom. The second kappa shape index (κ2) is 10.1. The lowest BCUT2D eigenvalue weighted by Gasteiger charge is -2.27. The lowest BCUT2D eigenvalue weighted by atomic mass is 9.96. The van der Waals surface area contributed by atoms with Crippen LogP contribution in [0.15, 0.2) is 85.1 Å². The molecule has 8 heteroatoms. The van der Waals surface area contributed by atoms with Crippen LogP contribution in [0.25, 0.3) is 5.69 Å². The predicted molar refractivity (Wildman–Crippen MR) is 147 cm³/mol. The summed E-state index contributed by atoms with van der Waals surface area (Å²) in [5.74, 6) is -0.138. The van der Waals surface area contributed by atoms with E-state index < -0.39 is 0 Å². The molecule has 0 bridgehead atoms. The molecular formula is C28H26ClN5OS. The number of aryl methyl sites for hydroxylation is 1. The monoisotopic (exact) mass is 515 g/mol. The molecule has 1 fully saturated rings. The molecule has 1 saturated heterocycles. The molecule has 1 aliphatic heterocycles. The van der Waals surface area contributed by atoms with Gasteiger partial charge < -0.3 is 20.1 Å². The van der Waals surface area contributed by atoms with Gasteiger partial charge in [0.2, 0.25) is 5.91 Å². The van der Waals surface area contributed by atoms with E-state index in [0.29, 0.717) is 10.1 Å². The smallest absolute Gasteiger partial charge is 0.244 e. The number of carbonyl (C=O) groups excluding carboxylic acids is 1. The van der Waals surface area contributed by atoms with Crippen LogP contribution in [0.1, 0.15) is 34.7 Å². The van der Waals surface area contributed by atoms with E-state index in [9.17, 15) is 4.79 Å². The van der Waals surface area contributed by atoms with Crippen LogP contribution in [0, 0.1) is 13.8 Å². The molecule has 2 N–H and O–H groups in total. The molecule has 0 unspecified atom stereocenters. The molecule has 0 radical (unpaired) electrons. The first-order valence-electron chi connectivity index (χ1n) is 11.7. The zero-order chi connectivity index (χ0) is 25.2. The van der Waals surface area contributed by atoms with Gasteiger partial charge in [-0.05, 0) is 80.2 Å². The molecular weight excluding hydrogens is 490 g/mol. The summed E-state index contributed by atoms with van der Waals surface area (Å²) in [6, 6.07) is 24.8. The lowest BCUT2D eigenvalue weighted by Crippen LogP contribution is -2.37. The first kappa shape index (κ1) is 24.0. The third-order valence-corrected chi connectivity index (χ3v) is 7.01. The van der Waals surface area contributed by atoms with Crippen LogP contribution >= 0.6 is 23.8 Å². The van der Waals surface area contributed by atoms with Crippen LogP contribution in [0.2, 0.25) is 5.02 Å². The number of nitrogens with zero attached hydrogens (tertiary/aromatic N) is 3. The number of amides is 1. The Morgan fingerprint density at radius 3 is 2.56 bits per heavy atom. The largest absolute Gasteiger partial charge is 0.352 e. The van der Waals surface area contributed by atoms with Gasteiger partial charge in [0.1, 0.15) is 6.54 Å². The van der Waals surface area contributed by atoms with E-state index in [1.807, 2.05) is 77.7 Å². The van der Waals surface area contributed by atoms with Crippen molar-refractivity contribution in [3.05, 3.63) is 113 Å². The minimum Gasteiger partial charge on any atom is -0.352 e. The zero-order valence-corrected chi connectivity index (χ0v) is 21.6. The van der Waals surface area contributed by atoms with E-state index >= 15 is 0 Å². The highest BCUT2D eigenvalue weighted by atomic mass is 35.5. The summed E-state index contributed by atoms with van der Waals surface area (Å²) >= 11 is 12.1. The minimum atomic E-state index is -0.229. The third-order valence-electron chi connectivity index (χ3n) is 6.42. The zero-order valence-electron chi connectivity index (χ0n) is 20.0. The first-order valence-corrected chi connectivity index (χ1v) is 12.5. The van der Waals surface area contributed by atoms with Gasteiger partial charge in [-0.15, -0.1) is 0 Å². The normalized spacial score (nSPS) is 17.2. The quantitative estimate of drug-likeness (QED) is 0.320. The fraction of sp³-hybridized carbons (Fsp3) is 0.179. The molecule has 36 heavy (non-hydrogen) atoms. The number of aromatic nitrogens is 2. The van der Waals surface area contributed by atoms with Crippen LogP contribution in [-0.4, -0.2) is 32.0 Å². The number of halogens is 1. The van der Waals surface area contributed by atoms with Crippen molar-refractivity contribution in [3.8, 4) is 5.69 Å². The van der Waals surface area contributed by atoms with Crippen LogP contribution in [0.3, 0.4) is 0 Å². The second-order valence-corrected chi connectivity index (χ2v) is 9.63. The Hall–Kier alpha value is -3.68. The summed E-state index contributed by atoms with van der Waals surface area (Å²) in [6.45, 7) is 4.26. The Balaban J connectivity index is 1.54. The van der Waals surface area contributed by atoms with Gasteiger partial charge in [-0.25, -0.2) is 0 Å². The number of rotatable bonds is 6. The van der Waals surface area contributed by atoms with Gasteiger partial charge in [-0.1, -0.05) is 41.9 Å². The van der Waals surface area contributed by atoms with Crippen LogP contribution in [-0.2, 0) is 4.79 Å². The SMILES string of the molecule is Cc1cc([C@H]2[C@H](c3ccccn3)NC(=S)N2CC(=O)Nc2ccccc2)c(C)n1-c1cccc(Cl)c1. The van der Waals surface area contributed by atoms with Crippen molar-refractivity contribution in [2.45, 2.75) is 25.9 Å². The average Bonchev–Trinajstić information content (AvgIpc) is 3.35. The maximum atomic E-state index is 13.1.